The summed E-state index contributed by atoms with van der Waals surface area (Å²) in [6.45, 7) is 5.53. The Morgan fingerprint density at radius 3 is 2.50 bits per heavy atom. The molecule has 0 saturated carbocycles. The molecule has 100 valence electrons. The number of benzene rings is 1. The van der Waals surface area contributed by atoms with Crippen LogP contribution in [0.5, 0.6) is 5.75 Å². The van der Waals surface area contributed by atoms with Crippen LogP contribution in [0, 0.1) is 0 Å². The smallest absolute Gasteiger partial charge is 0.163 e. The lowest BCUT2D eigenvalue weighted by Crippen LogP contribution is -2.34. The monoisotopic (exact) mass is 314 g/mol. The summed E-state index contributed by atoms with van der Waals surface area (Å²) in [4.78, 5) is 11.5. The minimum absolute atomic E-state index is 0.0472. The van der Waals surface area contributed by atoms with Gasteiger partial charge in [-0.1, -0.05) is 29.8 Å². The topological polar surface area (TPSA) is 46.5 Å². The average Bonchev–Trinajstić information content (AvgIpc) is 2.35. The third kappa shape index (κ3) is 3.82. The Morgan fingerprint density at radius 1 is 1.39 bits per heavy atom. The van der Waals surface area contributed by atoms with Crippen molar-refractivity contribution in [3.8, 4) is 5.75 Å². The van der Waals surface area contributed by atoms with Crippen molar-refractivity contribution in [3.63, 3.8) is 0 Å². The molecular formula is C14H19BrO3. The molecule has 0 radical (unpaired) electrons. The minimum atomic E-state index is -0.837. The van der Waals surface area contributed by atoms with Crippen molar-refractivity contribution in [3.05, 3.63) is 28.2 Å². The highest BCUT2D eigenvalue weighted by Crippen LogP contribution is 2.26. The molecule has 18 heavy (non-hydrogen) atoms. The van der Waals surface area contributed by atoms with Crippen LogP contribution in [0.25, 0.3) is 0 Å². The van der Waals surface area contributed by atoms with Gasteiger partial charge in [-0.2, -0.15) is 0 Å². The Morgan fingerprint density at radius 2 is 2.00 bits per heavy atom. The molecule has 0 saturated heterocycles. The van der Waals surface area contributed by atoms with Gasteiger partial charge in [-0.3, -0.25) is 4.79 Å². The molecule has 1 rings (SSSR count). The number of carbonyl (C=O) groups excluding carboxylic acids is 1. The van der Waals surface area contributed by atoms with Crippen LogP contribution in [0.3, 0.4) is 0 Å². The molecule has 0 heterocycles. The number of carbonyl (C=O) groups is 1. The van der Waals surface area contributed by atoms with E-state index in [0.717, 1.165) is 4.47 Å². The summed E-state index contributed by atoms with van der Waals surface area (Å²) in [5.41, 5.74) is -0.302. The Labute approximate surface area is 116 Å². The van der Waals surface area contributed by atoms with Gasteiger partial charge in [0.1, 0.15) is 12.4 Å². The standard InChI is InChI=1S/C14H19BrO3/c1-4-14(17,5-2)9-18-13-8-11(15)6-7-12(13)10(3)16/h6-8,17H,4-5,9H2,1-3H3. The van der Waals surface area contributed by atoms with Gasteiger partial charge in [0.15, 0.2) is 5.78 Å². The Balaban J connectivity index is 2.90. The quantitative estimate of drug-likeness (QED) is 0.816. The number of hydrogen-bond acceptors (Lipinski definition) is 3. The fraction of sp³-hybridized carbons (Fsp3) is 0.500. The van der Waals surface area contributed by atoms with Crippen molar-refractivity contribution in [2.75, 3.05) is 6.61 Å². The van der Waals surface area contributed by atoms with Gasteiger partial charge in [0.25, 0.3) is 0 Å². The third-order valence-electron chi connectivity index (χ3n) is 3.14. The molecule has 0 aliphatic rings. The van der Waals surface area contributed by atoms with Gasteiger partial charge in [-0.05, 0) is 38.0 Å². The van der Waals surface area contributed by atoms with Crippen LogP contribution in [0.4, 0.5) is 0 Å². The van der Waals surface area contributed by atoms with E-state index in [1.807, 2.05) is 13.8 Å². The summed E-state index contributed by atoms with van der Waals surface area (Å²) in [5.74, 6) is 0.464. The molecule has 0 atom stereocenters. The number of ether oxygens (including phenoxy) is 1. The van der Waals surface area contributed by atoms with Crippen molar-refractivity contribution in [2.45, 2.75) is 39.2 Å². The Kier molecular flexibility index (Phi) is 5.35. The minimum Gasteiger partial charge on any atom is -0.490 e. The molecule has 1 N–H and O–H groups in total. The first-order valence-electron chi connectivity index (χ1n) is 6.07. The van der Waals surface area contributed by atoms with Gasteiger partial charge in [-0.25, -0.2) is 0 Å². The third-order valence-corrected chi connectivity index (χ3v) is 3.63. The molecular weight excluding hydrogens is 296 g/mol. The van der Waals surface area contributed by atoms with Gasteiger partial charge in [-0.15, -0.1) is 0 Å². The zero-order chi connectivity index (χ0) is 13.8. The second-order valence-corrected chi connectivity index (χ2v) is 5.33. The fourth-order valence-corrected chi connectivity index (χ4v) is 1.91. The molecule has 1 aromatic rings. The molecule has 0 aliphatic carbocycles. The largest absolute Gasteiger partial charge is 0.490 e. The summed E-state index contributed by atoms with van der Waals surface area (Å²) < 4.78 is 6.47. The van der Waals surface area contributed by atoms with Crippen LogP contribution in [0.15, 0.2) is 22.7 Å². The van der Waals surface area contributed by atoms with E-state index < -0.39 is 5.60 Å². The molecule has 0 amide bonds. The van der Waals surface area contributed by atoms with Crippen LogP contribution in [-0.2, 0) is 0 Å². The van der Waals surface area contributed by atoms with E-state index in [9.17, 15) is 9.90 Å². The van der Waals surface area contributed by atoms with Crippen LogP contribution < -0.4 is 4.74 Å². The summed E-state index contributed by atoms with van der Waals surface area (Å²) in [5, 5.41) is 10.2. The van der Waals surface area contributed by atoms with Crippen molar-refractivity contribution >= 4 is 21.7 Å². The summed E-state index contributed by atoms with van der Waals surface area (Å²) in [6.07, 6.45) is 1.24. The first kappa shape index (κ1) is 15.2. The molecule has 0 unspecified atom stereocenters. The average molecular weight is 315 g/mol. The van der Waals surface area contributed by atoms with Crippen LogP contribution >= 0.6 is 15.9 Å². The highest BCUT2D eigenvalue weighted by molar-refractivity contribution is 9.10. The lowest BCUT2D eigenvalue weighted by atomic mass is 9.99. The van der Waals surface area contributed by atoms with Gasteiger partial charge in [0.05, 0.1) is 11.2 Å². The van der Waals surface area contributed by atoms with Crippen molar-refractivity contribution in [1.29, 1.82) is 0 Å². The van der Waals surface area contributed by atoms with E-state index in [4.69, 9.17) is 4.74 Å². The van der Waals surface area contributed by atoms with Crippen LogP contribution in [-0.4, -0.2) is 23.1 Å². The number of halogens is 1. The van der Waals surface area contributed by atoms with Gasteiger partial charge < -0.3 is 9.84 Å². The number of rotatable bonds is 6. The van der Waals surface area contributed by atoms with E-state index in [1.54, 1.807) is 18.2 Å². The molecule has 0 aliphatic heterocycles. The van der Waals surface area contributed by atoms with E-state index in [2.05, 4.69) is 15.9 Å². The molecule has 0 spiro atoms. The first-order chi connectivity index (χ1) is 8.41. The predicted octanol–water partition coefficient (Wildman–Crippen LogP) is 3.58. The maximum atomic E-state index is 11.5. The Hall–Kier alpha value is -0.870. The van der Waals surface area contributed by atoms with Crippen LogP contribution in [0.2, 0.25) is 0 Å². The summed E-state index contributed by atoms with van der Waals surface area (Å²) >= 11 is 3.35. The van der Waals surface area contributed by atoms with E-state index in [0.29, 0.717) is 24.2 Å². The van der Waals surface area contributed by atoms with Crippen molar-refractivity contribution < 1.29 is 14.6 Å². The lowest BCUT2D eigenvalue weighted by Gasteiger charge is -2.25. The molecule has 0 aromatic heterocycles. The second-order valence-electron chi connectivity index (χ2n) is 4.42. The normalized spacial score (nSPS) is 11.4. The number of Topliss-reactive ketones (excluding diaryl/α,β-unsaturated/α-hetero) is 1. The predicted molar refractivity (Wildman–Crippen MR) is 75.2 cm³/mol. The van der Waals surface area contributed by atoms with Gasteiger partial charge in [0, 0.05) is 4.47 Å². The maximum Gasteiger partial charge on any atom is 0.163 e. The fourth-order valence-electron chi connectivity index (χ4n) is 1.57. The maximum absolute atomic E-state index is 11.5. The summed E-state index contributed by atoms with van der Waals surface area (Å²) in [7, 11) is 0. The molecule has 0 fully saturated rings. The van der Waals surface area contributed by atoms with Crippen molar-refractivity contribution in [2.24, 2.45) is 0 Å². The van der Waals surface area contributed by atoms with E-state index in [1.165, 1.54) is 6.92 Å². The first-order valence-corrected chi connectivity index (χ1v) is 6.87. The lowest BCUT2D eigenvalue weighted by molar-refractivity contribution is -0.0115. The van der Waals surface area contributed by atoms with E-state index in [-0.39, 0.29) is 12.4 Å². The molecule has 4 heteroatoms. The van der Waals surface area contributed by atoms with Crippen molar-refractivity contribution in [1.82, 2.24) is 0 Å². The molecule has 0 bridgehead atoms. The van der Waals surface area contributed by atoms with Gasteiger partial charge >= 0.3 is 0 Å². The number of hydrogen-bond donors (Lipinski definition) is 1. The van der Waals surface area contributed by atoms with E-state index >= 15 is 0 Å². The molecule has 1 aromatic carbocycles. The highest BCUT2D eigenvalue weighted by atomic mass is 79.9. The summed E-state index contributed by atoms with van der Waals surface area (Å²) in [6, 6.07) is 5.27. The Bertz CT molecular complexity index is 425. The highest BCUT2D eigenvalue weighted by Gasteiger charge is 2.24. The molecule has 3 nitrogen and oxygen atoms in total. The SMILES string of the molecule is CCC(O)(CC)COc1cc(Br)ccc1C(C)=O. The second kappa shape index (κ2) is 6.34. The van der Waals surface area contributed by atoms with Gasteiger partial charge in [0.2, 0.25) is 0 Å². The zero-order valence-electron chi connectivity index (χ0n) is 11.0. The zero-order valence-corrected chi connectivity index (χ0v) is 12.6. The number of ketones is 1. The van der Waals surface area contributed by atoms with Crippen LogP contribution in [0.1, 0.15) is 44.0 Å². The number of aliphatic hydroxyl groups is 1.